The van der Waals surface area contributed by atoms with Gasteiger partial charge in [-0.1, -0.05) is 12.1 Å². The Kier molecular flexibility index (Phi) is 3.00. The lowest BCUT2D eigenvalue weighted by atomic mass is 10.2. The minimum absolute atomic E-state index is 0.433. The van der Waals surface area contributed by atoms with E-state index in [0.29, 0.717) is 12.4 Å². The van der Waals surface area contributed by atoms with Crippen molar-refractivity contribution in [2.24, 2.45) is 0 Å². The summed E-state index contributed by atoms with van der Waals surface area (Å²) in [4.78, 5) is 14.6. The Bertz CT molecular complexity index is 491. The highest BCUT2D eigenvalue weighted by molar-refractivity contribution is 5.69. The number of hydrogen-bond donors (Lipinski definition) is 0. The number of carbonyl (C=O) groups is 1. The van der Waals surface area contributed by atoms with E-state index in [1.165, 1.54) is 0 Å². The summed E-state index contributed by atoms with van der Waals surface area (Å²) in [5.74, 6) is 1.24. The van der Waals surface area contributed by atoms with Crippen molar-refractivity contribution in [2.75, 3.05) is 7.11 Å². The number of ether oxygens (including phenoxy) is 1. The van der Waals surface area contributed by atoms with Crippen LogP contribution in [0, 0.1) is 0 Å². The first-order valence-corrected chi connectivity index (χ1v) is 4.92. The van der Waals surface area contributed by atoms with Gasteiger partial charge in [0.1, 0.15) is 5.75 Å². The number of hydrogen-bond acceptors (Lipinski definition) is 3. The second-order valence-corrected chi connectivity index (χ2v) is 3.38. The summed E-state index contributed by atoms with van der Waals surface area (Å²) in [5, 5.41) is 0. The van der Waals surface area contributed by atoms with Crippen molar-refractivity contribution < 1.29 is 9.53 Å². The summed E-state index contributed by atoms with van der Waals surface area (Å²) >= 11 is 0. The molecule has 1 aromatic carbocycles. The number of carbonyl (C=O) groups excluding carboxylic acids is 1. The van der Waals surface area contributed by atoms with Gasteiger partial charge in [0.2, 0.25) is 0 Å². The van der Waals surface area contributed by atoms with Gasteiger partial charge in [-0.3, -0.25) is 4.79 Å². The number of rotatable bonds is 4. The Morgan fingerprint density at radius 2 is 2.38 bits per heavy atom. The number of nitrogens with zero attached hydrogens (tertiary/aromatic N) is 2. The summed E-state index contributed by atoms with van der Waals surface area (Å²) in [5.41, 5.74) is 1.07. The highest BCUT2D eigenvalue weighted by atomic mass is 16.5. The summed E-state index contributed by atoms with van der Waals surface area (Å²) in [7, 11) is 1.63. The molecule has 0 N–H and O–H groups in total. The van der Waals surface area contributed by atoms with Crippen LogP contribution in [0.5, 0.6) is 5.75 Å². The summed E-state index contributed by atoms with van der Waals surface area (Å²) in [6.45, 7) is 0.616. The maximum absolute atomic E-state index is 10.7. The van der Waals surface area contributed by atoms with Crippen molar-refractivity contribution in [3.63, 3.8) is 0 Å². The Morgan fingerprint density at radius 1 is 1.50 bits per heavy atom. The Hall–Kier alpha value is -2.10. The van der Waals surface area contributed by atoms with E-state index in [4.69, 9.17) is 4.74 Å². The van der Waals surface area contributed by atoms with Crippen LogP contribution in [0.3, 0.4) is 0 Å². The number of imidazole rings is 1. The zero-order valence-electron chi connectivity index (χ0n) is 8.96. The van der Waals surface area contributed by atoms with Gasteiger partial charge in [-0.15, -0.1) is 0 Å². The van der Waals surface area contributed by atoms with Crippen molar-refractivity contribution in [1.82, 2.24) is 9.55 Å². The van der Waals surface area contributed by atoms with Crippen LogP contribution >= 0.6 is 0 Å². The van der Waals surface area contributed by atoms with Crippen LogP contribution in [0.1, 0.15) is 16.2 Å². The summed E-state index contributed by atoms with van der Waals surface area (Å²) in [6, 6.07) is 7.73. The zero-order valence-corrected chi connectivity index (χ0v) is 8.96. The van der Waals surface area contributed by atoms with E-state index < -0.39 is 0 Å². The largest absolute Gasteiger partial charge is 0.497 e. The molecule has 1 heterocycles. The van der Waals surface area contributed by atoms with Crippen LogP contribution < -0.4 is 4.74 Å². The molecule has 0 aliphatic carbocycles. The molecule has 0 saturated heterocycles. The molecule has 0 atom stereocenters. The molecular weight excluding hydrogens is 204 g/mol. The predicted octanol–water partition coefficient (Wildman–Crippen LogP) is 1.75. The minimum atomic E-state index is 0.433. The van der Waals surface area contributed by atoms with Crippen molar-refractivity contribution in [1.29, 1.82) is 0 Å². The maximum atomic E-state index is 10.7. The third-order valence-electron chi connectivity index (χ3n) is 2.34. The number of methoxy groups -OCH3 is 1. The molecule has 0 bridgehead atoms. The van der Waals surface area contributed by atoms with Gasteiger partial charge in [-0.25, -0.2) is 4.98 Å². The lowest BCUT2D eigenvalue weighted by Gasteiger charge is -2.06. The fourth-order valence-corrected chi connectivity index (χ4v) is 1.54. The molecule has 4 heteroatoms. The molecule has 1 aromatic heterocycles. The second kappa shape index (κ2) is 4.61. The first-order valence-electron chi connectivity index (χ1n) is 4.92. The van der Waals surface area contributed by atoms with Gasteiger partial charge in [0.25, 0.3) is 0 Å². The van der Waals surface area contributed by atoms with E-state index in [1.54, 1.807) is 24.1 Å². The molecular formula is C12H12N2O2. The molecule has 0 spiro atoms. The Morgan fingerprint density at radius 3 is 3.12 bits per heavy atom. The zero-order chi connectivity index (χ0) is 11.4. The van der Waals surface area contributed by atoms with Gasteiger partial charge < -0.3 is 9.30 Å². The van der Waals surface area contributed by atoms with Gasteiger partial charge in [0.05, 0.1) is 7.11 Å². The van der Waals surface area contributed by atoms with Gasteiger partial charge >= 0.3 is 0 Å². The van der Waals surface area contributed by atoms with Gasteiger partial charge in [0, 0.05) is 18.9 Å². The van der Waals surface area contributed by atoms with E-state index in [1.807, 2.05) is 24.3 Å². The number of benzene rings is 1. The lowest BCUT2D eigenvalue weighted by Crippen LogP contribution is -2.03. The molecule has 0 amide bonds. The lowest BCUT2D eigenvalue weighted by molar-refractivity contribution is 0.111. The topological polar surface area (TPSA) is 44.1 Å². The van der Waals surface area contributed by atoms with Crippen molar-refractivity contribution in [2.45, 2.75) is 6.54 Å². The van der Waals surface area contributed by atoms with Crippen LogP contribution in [0.4, 0.5) is 0 Å². The molecule has 0 saturated carbocycles. The quantitative estimate of drug-likeness (QED) is 0.731. The summed E-state index contributed by atoms with van der Waals surface area (Å²) in [6.07, 6.45) is 4.15. The highest BCUT2D eigenvalue weighted by Crippen LogP contribution is 2.13. The van der Waals surface area contributed by atoms with Crippen LogP contribution in [0.2, 0.25) is 0 Å². The van der Waals surface area contributed by atoms with Crippen LogP contribution in [-0.2, 0) is 6.54 Å². The van der Waals surface area contributed by atoms with Crippen LogP contribution in [0.15, 0.2) is 36.7 Å². The van der Waals surface area contributed by atoms with Gasteiger partial charge in [0.15, 0.2) is 12.1 Å². The smallest absolute Gasteiger partial charge is 0.185 e. The van der Waals surface area contributed by atoms with Crippen LogP contribution in [0.25, 0.3) is 0 Å². The fourth-order valence-electron chi connectivity index (χ4n) is 1.54. The van der Waals surface area contributed by atoms with E-state index in [-0.39, 0.29) is 0 Å². The molecule has 0 radical (unpaired) electrons. The molecule has 0 aliphatic rings. The number of aldehydes is 1. The van der Waals surface area contributed by atoms with E-state index in [9.17, 15) is 4.79 Å². The molecule has 0 fully saturated rings. The number of aromatic nitrogens is 2. The van der Waals surface area contributed by atoms with Crippen LogP contribution in [-0.4, -0.2) is 22.9 Å². The molecule has 2 rings (SSSR count). The maximum Gasteiger partial charge on any atom is 0.185 e. The first-order chi connectivity index (χ1) is 7.83. The molecule has 0 unspecified atom stereocenters. The monoisotopic (exact) mass is 216 g/mol. The SMILES string of the molecule is COc1cccc(Cn2ccnc2C=O)c1. The average molecular weight is 216 g/mol. The van der Waals surface area contributed by atoms with Gasteiger partial charge in [-0.05, 0) is 17.7 Å². The van der Waals surface area contributed by atoms with E-state index >= 15 is 0 Å². The Labute approximate surface area is 93.5 Å². The van der Waals surface area contributed by atoms with Gasteiger partial charge in [-0.2, -0.15) is 0 Å². The highest BCUT2D eigenvalue weighted by Gasteiger charge is 2.02. The molecule has 16 heavy (non-hydrogen) atoms. The summed E-state index contributed by atoms with van der Waals surface area (Å²) < 4.78 is 6.93. The molecule has 82 valence electrons. The van der Waals surface area contributed by atoms with E-state index in [2.05, 4.69) is 4.98 Å². The van der Waals surface area contributed by atoms with Crippen molar-refractivity contribution >= 4 is 6.29 Å². The van der Waals surface area contributed by atoms with Crippen molar-refractivity contribution in [3.8, 4) is 5.75 Å². The normalized spacial score (nSPS) is 10.1. The third kappa shape index (κ3) is 2.11. The predicted molar refractivity (Wildman–Crippen MR) is 59.7 cm³/mol. The molecule has 2 aromatic rings. The third-order valence-corrected chi connectivity index (χ3v) is 2.34. The van der Waals surface area contributed by atoms with Crippen molar-refractivity contribution in [3.05, 3.63) is 48.0 Å². The average Bonchev–Trinajstić information content (AvgIpc) is 2.76. The van der Waals surface area contributed by atoms with E-state index in [0.717, 1.165) is 17.6 Å². The Balaban J connectivity index is 2.23. The minimum Gasteiger partial charge on any atom is -0.497 e. The standard InChI is InChI=1S/C12H12N2O2/c1-16-11-4-2-3-10(7-11)8-14-6-5-13-12(14)9-15/h2-7,9H,8H2,1H3. The molecule has 0 aliphatic heterocycles. The second-order valence-electron chi connectivity index (χ2n) is 3.38. The molecule has 4 nitrogen and oxygen atoms in total. The fraction of sp³-hybridized carbons (Fsp3) is 0.167. The first kappa shape index (κ1) is 10.4.